The topological polar surface area (TPSA) is 0 Å². The second-order valence-corrected chi connectivity index (χ2v) is 33.8. The van der Waals surface area contributed by atoms with E-state index in [1.54, 1.807) is 30.2 Å². The Labute approximate surface area is 84.2 Å². The predicted octanol–water partition coefficient (Wildman–Crippen LogP) is 0.982. The van der Waals surface area contributed by atoms with Crippen LogP contribution in [0, 0.1) is 0 Å². The third kappa shape index (κ3) is 2.02. The maximum absolute atomic E-state index is 2.52. The van der Waals surface area contributed by atoms with Crippen LogP contribution >= 0.6 is 0 Å². The fourth-order valence-corrected chi connectivity index (χ4v) is 74.5. The van der Waals surface area contributed by atoms with Crippen LogP contribution in [0.25, 0.3) is 0 Å². The second kappa shape index (κ2) is 4.93. The van der Waals surface area contributed by atoms with Gasteiger partial charge < -0.3 is 0 Å². The molecule has 0 N–H and O–H groups in total. The van der Waals surface area contributed by atoms with E-state index < -0.39 is 7.59 Å². The summed E-state index contributed by atoms with van der Waals surface area (Å²) >= 11 is 0. The molecule has 1 unspecified atom stereocenters. The van der Waals surface area contributed by atoms with Gasteiger partial charge >= 0.3 is 0 Å². The largest absolute Gasteiger partial charge is 0.0684 e. The van der Waals surface area contributed by atoms with Crippen LogP contribution in [-0.2, 0) is 0 Å². The number of rotatable bonds is 3. The molecule has 0 amide bonds. The molecule has 1 rings (SSSR count). The summed E-state index contributed by atoms with van der Waals surface area (Å²) in [5, 5.41) is 0. The molecule has 0 aromatic heterocycles. The molecule has 1 aliphatic rings. The monoisotopic (exact) mass is 232 g/mol. The summed E-state index contributed by atoms with van der Waals surface area (Å²) < 4.78 is 0. The van der Waals surface area contributed by atoms with Crippen molar-refractivity contribution in [2.45, 2.75) is 51.0 Å². The van der Waals surface area contributed by atoms with Crippen molar-refractivity contribution in [3.63, 3.8) is 0 Å². The Bertz CT molecular complexity index is 133. The molecule has 0 spiro atoms. The zero-order chi connectivity index (χ0) is 9.03. The highest BCUT2D eigenvalue weighted by Gasteiger charge is 2.39. The van der Waals surface area contributed by atoms with Gasteiger partial charge in [0, 0.05) is 24.5 Å². The van der Waals surface area contributed by atoms with Crippen LogP contribution < -0.4 is 0 Å². The van der Waals surface area contributed by atoms with Crippen molar-refractivity contribution < 1.29 is 0 Å². The van der Waals surface area contributed by atoms with E-state index >= 15 is 0 Å². The van der Waals surface area contributed by atoms with Gasteiger partial charge in [-0.2, -0.15) is 0 Å². The highest BCUT2D eigenvalue weighted by Crippen LogP contribution is 2.29. The minimum Gasteiger partial charge on any atom is -0.0684 e. The Balaban J connectivity index is 2.66. The molecular formula is C8H24Si4. The first-order valence-corrected chi connectivity index (χ1v) is 19.3. The molecule has 4 heteroatoms. The van der Waals surface area contributed by atoms with Crippen LogP contribution in [0.2, 0.25) is 30.2 Å². The minimum absolute atomic E-state index is 0.0166. The predicted molar refractivity (Wildman–Crippen MR) is 71.0 cm³/mol. The molecule has 1 saturated heterocycles. The molecule has 0 aromatic carbocycles. The molecule has 72 valence electrons. The quantitative estimate of drug-likeness (QED) is 0.637. The molecule has 1 fully saturated rings. The first-order valence-electron chi connectivity index (χ1n) is 5.79. The minimum atomic E-state index is -0.525. The number of hydrogen-bond acceptors (Lipinski definition) is 0. The lowest BCUT2D eigenvalue weighted by molar-refractivity contribution is 1.20. The molecule has 12 heavy (non-hydrogen) atoms. The standard InChI is InChI=1S/C8H24Si4/c1-4-11-10-9-7-8-12(11,5-2)6-3/h11H,4-10H2,1-3H3. The molecule has 1 atom stereocenters. The normalized spacial score (nSPS) is 32.8. The molecule has 0 radical (unpaired) electrons. The maximum atomic E-state index is 2.52. The van der Waals surface area contributed by atoms with Crippen LogP contribution in [0.15, 0.2) is 0 Å². The van der Waals surface area contributed by atoms with Gasteiger partial charge in [0.15, 0.2) is 0 Å². The van der Waals surface area contributed by atoms with Crippen LogP contribution in [0.4, 0.5) is 0 Å². The van der Waals surface area contributed by atoms with Crippen LogP contribution in [-0.4, -0.2) is 33.0 Å². The van der Waals surface area contributed by atoms with Crippen molar-refractivity contribution in [1.82, 2.24) is 0 Å². The van der Waals surface area contributed by atoms with E-state index in [9.17, 15) is 0 Å². The Kier molecular flexibility index (Phi) is 4.49. The lowest BCUT2D eigenvalue weighted by atomic mass is 10.9. The second-order valence-electron chi connectivity index (χ2n) is 4.42. The Morgan fingerprint density at radius 3 is 2.33 bits per heavy atom. The smallest absolute Gasteiger partial charge is 0.0397 e. The molecule has 0 saturated carbocycles. The third-order valence-electron chi connectivity index (χ3n) is 4.24. The van der Waals surface area contributed by atoms with Crippen LogP contribution in [0.3, 0.4) is 0 Å². The SMILES string of the molecule is CC[SiH]1[SiH2][SiH2]CC[Si]1(CC)CC. The van der Waals surface area contributed by atoms with Crippen molar-refractivity contribution in [3.05, 3.63) is 0 Å². The third-order valence-corrected chi connectivity index (χ3v) is 55.6. The average molecular weight is 233 g/mol. The summed E-state index contributed by atoms with van der Waals surface area (Å²) in [7, 11) is 0.693. The number of hydrogen-bond donors (Lipinski definition) is 0. The van der Waals surface area contributed by atoms with E-state index in [0.717, 1.165) is 0 Å². The summed E-state index contributed by atoms with van der Waals surface area (Å²) in [5.74, 6) is 0. The Morgan fingerprint density at radius 2 is 1.92 bits per heavy atom. The zero-order valence-corrected chi connectivity index (χ0v) is 14.0. The molecule has 1 aliphatic heterocycles. The van der Waals surface area contributed by atoms with Gasteiger partial charge in [-0.3, -0.25) is 0 Å². The van der Waals surface area contributed by atoms with E-state index in [2.05, 4.69) is 20.8 Å². The van der Waals surface area contributed by atoms with Gasteiger partial charge in [-0.25, -0.2) is 0 Å². The van der Waals surface area contributed by atoms with Crippen molar-refractivity contribution in [2.24, 2.45) is 0 Å². The van der Waals surface area contributed by atoms with E-state index in [1.807, 2.05) is 0 Å². The summed E-state index contributed by atoms with van der Waals surface area (Å²) in [4.78, 5) is 0. The van der Waals surface area contributed by atoms with Crippen LogP contribution in [0.1, 0.15) is 20.8 Å². The summed E-state index contributed by atoms with van der Waals surface area (Å²) in [6, 6.07) is 8.60. The van der Waals surface area contributed by atoms with Gasteiger partial charge in [-0.05, 0) is 8.55 Å². The Morgan fingerprint density at radius 1 is 1.25 bits per heavy atom. The maximum Gasteiger partial charge on any atom is 0.0397 e. The van der Waals surface area contributed by atoms with E-state index in [0.29, 0.717) is 17.6 Å². The van der Waals surface area contributed by atoms with Gasteiger partial charge in [-0.1, -0.05) is 51.0 Å². The average Bonchev–Trinajstić information content (AvgIpc) is 2.17. The lowest BCUT2D eigenvalue weighted by Gasteiger charge is -2.40. The van der Waals surface area contributed by atoms with Gasteiger partial charge in [0.1, 0.15) is 0 Å². The highest BCUT2D eigenvalue weighted by molar-refractivity contribution is 7.62. The summed E-state index contributed by atoms with van der Waals surface area (Å²) in [5.41, 5.74) is 0. The van der Waals surface area contributed by atoms with Crippen molar-refractivity contribution >= 4 is 33.0 Å². The van der Waals surface area contributed by atoms with E-state index in [1.165, 1.54) is 0 Å². The molecular weight excluding hydrogens is 208 g/mol. The van der Waals surface area contributed by atoms with E-state index in [-0.39, 0.29) is 7.83 Å². The molecule has 0 nitrogen and oxygen atoms in total. The van der Waals surface area contributed by atoms with Gasteiger partial charge in [0.05, 0.1) is 0 Å². The Hall–Kier alpha value is 0.868. The van der Waals surface area contributed by atoms with Crippen LogP contribution in [0.5, 0.6) is 0 Å². The first-order chi connectivity index (χ1) is 5.79. The lowest BCUT2D eigenvalue weighted by Crippen LogP contribution is -2.57. The van der Waals surface area contributed by atoms with Gasteiger partial charge in [-0.15, -0.1) is 0 Å². The van der Waals surface area contributed by atoms with Crippen molar-refractivity contribution in [3.8, 4) is 0 Å². The van der Waals surface area contributed by atoms with Crippen molar-refractivity contribution in [1.29, 1.82) is 0 Å². The van der Waals surface area contributed by atoms with E-state index in [4.69, 9.17) is 0 Å². The highest BCUT2D eigenvalue weighted by atomic mass is 29.8. The van der Waals surface area contributed by atoms with Crippen molar-refractivity contribution in [2.75, 3.05) is 0 Å². The van der Waals surface area contributed by atoms with Gasteiger partial charge in [0.25, 0.3) is 0 Å². The summed E-state index contributed by atoms with van der Waals surface area (Å²) in [6.07, 6.45) is 0. The zero-order valence-electron chi connectivity index (χ0n) is 9.03. The fraction of sp³-hybridized carbons (Fsp3) is 1.00. The fourth-order valence-electron chi connectivity index (χ4n) is 3.20. The molecule has 1 heterocycles. The molecule has 0 aliphatic carbocycles. The first kappa shape index (κ1) is 10.9. The summed E-state index contributed by atoms with van der Waals surface area (Å²) in [6.45, 7) is 7.57. The molecule has 0 aromatic rings. The van der Waals surface area contributed by atoms with Gasteiger partial charge in [0.2, 0.25) is 0 Å². The molecule has 0 bridgehead atoms.